The Morgan fingerprint density at radius 3 is 2.81 bits per heavy atom. The van der Waals surface area contributed by atoms with Gasteiger partial charge in [-0.2, -0.15) is 0 Å². The normalized spacial score (nSPS) is 10.8. The van der Waals surface area contributed by atoms with E-state index >= 15 is 0 Å². The molecule has 0 unspecified atom stereocenters. The Hall–Kier alpha value is -1.13. The molecule has 0 spiro atoms. The number of imidazole rings is 1. The largest absolute Gasteiger partial charge is 0.345 e. The maximum absolute atomic E-state index is 5.71. The smallest absolute Gasteiger partial charge is 0.103 e. The Morgan fingerprint density at radius 1 is 1.38 bits per heavy atom. The summed E-state index contributed by atoms with van der Waals surface area (Å²) in [5.74, 6) is 0.898. The van der Waals surface area contributed by atoms with Crippen LogP contribution in [0, 0.1) is 13.8 Å². The summed E-state index contributed by atoms with van der Waals surface area (Å²) in [4.78, 5) is 7.69. The van der Waals surface area contributed by atoms with Crippen molar-refractivity contribution in [3.63, 3.8) is 0 Å². The van der Waals surface area contributed by atoms with Crippen LogP contribution in [0.3, 0.4) is 0 Å². The van der Waals surface area contributed by atoms with Crippen LogP contribution >= 0.6 is 15.9 Å². The van der Waals surface area contributed by atoms with Gasteiger partial charge in [0, 0.05) is 16.6 Å². The molecule has 84 valence electrons. The number of nitrogens with two attached hydrogens (primary N) is 1. The summed E-state index contributed by atoms with van der Waals surface area (Å²) in [7, 11) is 0. The van der Waals surface area contributed by atoms with Gasteiger partial charge in [-0.05, 0) is 31.5 Å². The zero-order valence-corrected chi connectivity index (χ0v) is 10.9. The van der Waals surface area contributed by atoms with Crippen LogP contribution in [0.2, 0.25) is 0 Å². The van der Waals surface area contributed by atoms with Crippen LogP contribution in [-0.2, 0) is 6.54 Å². The van der Waals surface area contributed by atoms with Gasteiger partial charge in [-0.25, -0.2) is 4.98 Å². The summed E-state index contributed by atoms with van der Waals surface area (Å²) in [6.07, 6.45) is 0. The summed E-state index contributed by atoms with van der Waals surface area (Å²) >= 11 is 3.48. The predicted molar refractivity (Wildman–Crippen MR) is 69.1 cm³/mol. The van der Waals surface area contributed by atoms with Crippen molar-refractivity contribution in [1.82, 2.24) is 9.97 Å². The van der Waals surface area contributed by atoms with Gasteiger partial charge in [-0.3, -0.25) is 0 Å². The van der Waals surface area contributed by atoms with Crippen molar-refractivity contribution in [2.75, 3.05) is 0 Å². The molecule has 0 aliphatic heterocycles. The molecule has 0 radical (unpaired) electrons. The van der Waals surface area contributed by atoms with E-state index in [9.17, 15) is 0 Å². The summed E-state index contributed by atoms with van der Waals surface area (Å²) in [6.45, 7) is 4.49. The zero-order valence-electron chi connectivity index (χ0n) is 9.34. The third-order valence-electron chi connectivity index (χ3n) is 2.56. The minimum absolute atomic E-state index is 0.474. The van der Waals surface area contributed by atoms with Crippen molar-refractivity contribution in [2.45, 2.75) is 20.4 Å². The molecule has 16 heavy (non-hydrogen) atoms. The van der Waals surface area contributed by atoms with Crippen molar-refractivity contribution in [1.29, 1.82) is 0 Å². The molecule has 2 rings (SSSR count). The second-order valence-corrected chi connectivity index (χ2v) is 4.73. The number of nitrogens with zero attached hydrogens (tertiary/aromatic N) is 1. The lowest BCUT2D eigenvalue weighted by atomic mass is 10.0. The van der Waals surface area contributed by atoms with Gasteiger partial charge in [0.2, 0.25) is 0 Å². The third-order valence-corrected chi connectivity index (χ3v) is 3.05. The van der Waals surface area contributed by atoms with Gasteiger partial charge in [0.05, 0.1) is 11.4 Å². The van der Waals surface area contributed by atoms with Crippen molar-refractivity contribution in [3.8, 4) is 11.3 Å². The number of H-pyrrole nitrogens is 1. The lowest BCUT2D eigenvalue weighted by molar-refractivity contribution is 0.998. The average Bonchev–Trinajstić information content (AvgIpc) is 2.63. The molecule has 1 heterocycles. The van der Waals surface area contributed by atoms with E-state index in [0.717, 1.165) is 27.2 Å². The fraction of sp³-hybridized carbons (Fsp3) is 0.250. The molecule has 1 aromatic carbocycles. The van der Waals surface area contributed by atoms with Gasteiger partial charge in [-0.1, -0.05) is 22.0 Å². The van der Waals surface area contributed by atoms with E-state index in [2.05, 4.69) is 45.0 Å². The van der Waals surface area contributed by atoms with Gasteiger partial charge >= 0.3 is 0 Å². The van der Waals surface area contributed by atoms with Gasteiger partial charge in [0.15, 0.2) is 0 Å². The standard InChI is InChI=1S/C12H14BrN3/c1-7-3-4-9(13)5-10(7)12-11(6-14)15-8(2)16-12/h3-5H,6,14H2,1-2H3,(H,15,16). The first-order chi connectivity index (χ1) is 7.61. The molecule has 0 aliphatic carbocycles. The second kappa shape index (κ2) is 4.39. The molecule has 0 atom stereocenters. The Labute approximate surface area is 103 Å². The first-order valence-electron chi connectivity index (χ1n) is 5.14. The van der Waals surface area contributed by atoms with Crippen LogP contribution in [0.15, 0.2) is 22.7 Å². The van der Waals surface area contributed by atoms with Gasteiger partial charge < -0.3 is 10.7 Å². The molecular formula is C12H14BrN3. The van der Waals surface area contributed by atoms with Crippen LogP contribution in [0.1, 0.15) is 17.1 Å². The SMILES string of the molecule is Cc1nc(-c2cc(Br)ccc2C)c(CN)[nH]1. The molecule has 3 nitrogen and oxygen atoms in total. The van der Waals surface area contributed by atoms with Crippen molar-refractivity contribution >= 4 is 15.9 Å². The highest BCUT2D eigenvalue weighted by Crippen LogP contribution is 2.27. The Balaban J connectivity index is 2.61. The highest BCUT2D eigenvalue weighted by Gasteiger charge is 2.11. The van der Waals surface area contributed by atoms with Crippen LogP contribution in [0.4, 0.5) is 0 Å². The van der Waals surface area contributed by atoms with Crippen molar-refractivity contribution < 1.29 is 0 Å². The van der Waals surface area contributed by atoms with Crippen LogP contribution in [0.5, 0.6) is 0 Å². The Bertz CT molecular complexity index is 517. The van der Waals surface area contributed by atoms with E-state index < -0.39 is 0 Å². The van der Waals surface area contributed by atoms with Crippen molar-refractivity contribution in [3.05, 3.63) is 39.8 Å². The number of aromatic nitrogens is 2. The molecule has 2 aromatic rings. The average molecular weight is 280 g/mol. The van der Waals surface area contributed by atoms with E-state index in [-0.39, 0.29) is 0 Å². The molecule has 4 heteroatoms. The summed E-state index contributed by atoms with van der Waals surface area (Å²) in [6, 6.07) is 6.17. The number of hydrogen-bond acceptors (Lipinski definition) is 2. The lowest BCUT2D eigenvalue weighted by Gasteiger charge is -2.05. The fourth-order valence-corrected chi connectivity index (χ4v) is 2.12. The number of hydrogen-bond donors (Lipinski definition) is 2. The maximum Gasteiger partial charge on any atom is 0.103 e. The fourth-order valence-electron chi connectivity index (χ4n) is 1.76. The molecule has 0 saturated heterocycles. The molecular weight excluding hydrogens is 266 g/mol. The molecule has 0 aliphatic rings. The number of rotatable bonds is 2. The molecule has 0 amide bonds. The monoisotopic (exact) mass is 279 g/mol. The highest BCUT2D eigenvalue weighted by atomic mass is 79.9. The van der Waals surface area contributed by atoms with Gasteiger partial charge in [-0.15, -0.1) is 0 Å². The van der Waals surface area contributed by atoms with Crippen LogP contribution < -0.4 is 5.73 Å². The van der Waals surface area contributed by atoms with Gasteiger partial charge in [0.1, 0.15) is 5.82 Å². The molecule has 0 bridgehead atoms. The quantitative estimate of drug-likeness (QED) is 0.888. The first-order valence-corrected chi connectivity index (χ1v) is 5.93. The van der Waals surface area contributed by atoms with Crippen molar-refractivity contribution in [2.24, 2.45) is 5.73 Å². The Kier molecular flexibility index (Phi) is 3.12. The van der Waals surface area contributed by atoms with E-state index in [1.54, 1.807) is 0 Å². The highest BCUT2D eigenvalue weighted by molar-refractivity contribution is 9.10. The second-order valence-electron chi connectivity index (χ2n) is 3.81. The first kappa shape index (κ1) is 11.4. The minimum Gasteiger partial charge on any atom is -0.345 e. The number of nitrogens with one attached hydrogen (secondary N) is 1. The van der Waals surface area contributed by atoms with E-state index in [0.29, 0.717) is 6.54 Å². The topological polar surface area (TPSA) is 54.7 Å². The maximum atomic E-state index is 5.71. The summed E-state index contributed by atoms with van der Waals surface area (Å²) in [5, 5.41) is 0. The number of halogens is 1. The molecule has 3 N–H and O–H groups in total. The Morgan fingerprint density at radius 2 is 2.12 bits per heavy atom. The molecule has 0 fully saturated rings. The molecule has 1 aromatic heterocycles. The van der Waals surface area contributed by atoms with Crippen LogP contribution in [0.25, 0.3) is 11.3 Å². The summed E-state index contributed by atoms with van der Waals surface area (Å²) in [5.41, 5.74) is 9.97. The predicted octanol–water partition coefficient (Wildman–Crippen LogP) is 2.91. The minimum atomic E-state index is 0.474. The van der Waals surface area contributed by atoms with Crippen LogP contribution in [-0.4, -0.2) is 9.97 Å². The molecule has 0 saturated carbocycles. The van der Waals surface area contributed by atoms with E-state index in [4.69, 9.17) is 5.73 Å². The third kappa shape index (κ3) is 2.03. The number of benzene rings is 1. The lowest BCUT2D eigenvalue weighted by Crippen LogP contribution is -1.99. The summed E-state index contributed by atoms with van der Waals surface area (Å²) < 4.78 is 1.05. The number of aromatic amines is 1. The van der Waals surface area contributed by atoms with E-state index in [1.807, 2.05) is 13.0 Å². The van der Waals surface area contributed by atoms with Gasteiger partial charge in [0.25, 0.3) is 0 Å². The number of aryl methyl sites for hydroxylation is 2. The zero-order chi connectivity index (χ0) is 11.7. The van der Waals surface area contributed by atoms with E-state index in [1.165, 1.54) is 5.56 Å².